The van der Waals surface area contributed by atoms with Gasteiger partial charge in [0.15, 0.2) is 0 Å². The normalized spacial score (nSPS) is 16.9. The highest BCUT2D eigenvalue weighted by molar-refractivity contribution is 5.98. The number of hydrogen-bond acceptors (Lipinski definition) is 3. The summed E-state index contributed by atoms with van der Waals surface area (Å²) < 4.78 is 0. The van der Waals surface area contributed by atoms with Crippen molar-refractivity contribution in [2.75, 3.05) is 18.4 Å². The lowest BCUT2D eigenvalue weighted by atomic mass is 10.00. The van der Waals surface area contributed by atoms with Gasteiger partial charge in [0, 0.05) is 18.8 Å². The molecule has 0 aliphatic carbocycles. The van der Waals surface area contributed by atoms with Crippen LogP contribution in [-0.2, 0) is 9.59 Å². The van der Waals surface area contributed by atoms with Crippen LogP contribution in [0.15, 0.2) is 36.9 Å². The Bertz CT molecular complexity index is 548. The summed E-state index contributed by atoms with van der Waals surface area (Å²) in [6, 6.07) is 7.24. The molecule has 2 amide bonds. The average Bonchev–Trinajstić information content (AvgIpc) is 3.04. The van der Waals surface area contributed by atoms with Crippen molar-refractivity contribution in [3.8, 4) is 0 Å². The van der Waals surface area contributed by atoms with Gasteiger partial charge in [-0.3, -0.25) is 9.59 Å². The molecule has 2 atom stereocenters. The molecule has 2 N–H and O–H groups in total. The lowest BCUT2D eigenvalue weighted by molar-refractivity contribution is -0.141. The number of nitrogens with one attached hydrogen (secondary N) is 1. The number of carbonyl (C=O) groups excluding carboxylic acids is 2. The lowest BCUT2D eigenvalue weighted by Gasteiger charge is -2.24. The van der Waals surface area contributed by atoms with E-state index in [2.05, 4.69) is 11.9 Å². The first-order valence-electron chi connectivity index (χ1n) is 7.50. The SMILES string of the molecule is C=CC(C(=O)N1CCCC1)C(O)C(=O)Nc1ccc(C)cc1. The first-order valence-corrected chi connectivity index (χ1v) is 7.50. The Morgan fingerprint density at radius 1 is 1.27 bits per heavy atom. The highest BCUT2D eigenvalue weighted by Crippen LogP contribution is 2.17. The molecule has 0 spiro atoms. The molecule has 1 fully saturated rings. The van der Waals surface area contributed by atoms with Crippen LogP contribution in [0.2, 0.25) is 0 Å². The van der Waals surface area contributed by atoms with Crippen LogP contribution in [0, 0.1) is 12.8 Å². The van der Waals surface area contributed by atoms with Crippen molar-refractivity contribution in [2.24, 2.45) is 5.92 Å². The summed E-state index contributed by atoms with van der Waals surface area (Å²) in [5.74, 6) is -1.75. The van der Waals surface area contributed by atoms with Crippen LogP contribution in [0.4, 0.5) is 5.69 Å². The van der Waals surface area contributed by atoms with E-state index >= 15 is 0 Å². The number of aliphatic hydroxyl groups is 1. The Labute approximate surface area is 130 Å². The van der Waals surface area contributed by atoms with Crippen LogP contribution in [0.25, 0.3) is 0 Å². The second kappa shape index (κ2) is 7.22. The maximum Gasteiger partial charge on any atom is 0.254 e. The summed E-state index contributed by atoms with van der Waals surface area (Å²) in [6.45, 7) is 6.89. The molecule has 1 aromatic rings. The number of rotatable bonds is 5. The van der Waals surface area contributed by atoms with E-state index in [1.807, 2.05) is 19.1 Å². The van der Waals surface area contributed by atoms with Crippen molar-refractivity contribution in [2.45, 2.75) is 25.9 Å². The van der Waals surface area contributed by atoms with Crippen molar-refractivity contribution in [3.05, 3.63) is 42.5 Å². The van der Waals surface area contributed by atoms with Gasteiger partial charge in [-0.2, -0.15) is 0 Å². The Balaban J connectivity index is 2.02. The standard InChI is InChI=1S/C17H22N2O3/c1-3-14(17(22)19-10-4-5-11-19)15(20)16(21)18-13-8-6-12(2)7-9-13/h3,6-9,14-15,20H,1,4-5,10-11H2,2H3,(H,18,21). The van der Waals surface area contributed by atoms with Gasteiger partial charge in [-0.05, 0) is 31.9 Å². The number of amides is 2. The van der Waals surface area contributed by atoms with Crippen LogP contribution in [0.3, 0.4) is 0 Å². The number of hydrogen-bond donors (Lipinski definition) is 2. The third-order valence-electron chi connectivity index (χ3n) is 3.88. The van der Waals surface area contributed by atoms with Gasteiger partial charge in [0.05, 0.1) is 5.92 Å². The van der Waals surface area contributed by atoms with Gasteiger partial charge in [-0.15, -0.1) is 6.58 Å². The van der Waals surface area contributed by atoms with E-state index in [1.165, 1.54) is 6.08 Å². The summed E-state index contributed by atoms with van der Waals surface area (Å²) in [5.41, 5.74) is 1.66. The molecule has 1 aliphatic heterocycles. The number of aliphatic hydroxyl groups excluding tert-OH is 1. The number of benzene rings is 1. The van der Waals surface area contributed by atoms with E-state index in [0.29, 0.717) is 18.8 Å². The third-order valence-corrected chi connectivity index (χ3v) is 3.88. The van der Waals surface area contributed by atoms with Crippen molar-refractivity contribution in [3.63, 3.8) is 0 Å². The lowest BCUT2D eigenvalue weighted by Crippen LogP contribution is -2.43. The molecule has 0 radical (unpaired) electrons. The summed E-state index contributed by atoms with van der Waals surface area (Å²) >= 11 is 0. The predicted octanol–water partition coefficient (Wildman–Crippen LogP) is 1.72. The molecule has 1 heterocycles. The van der Waals surface area contributed by atoms with Gasteiger partial charge < -0.3 is 15.3 Å². The number of anilines is 1. The van der Waals surface area contributed by atoms with Crippen molar-refractivity contribution in [1.29, 1.82) is 0 Å². The summed E-state index contributed by atoms with van der Waals surface area (Å²) in [5, 5.41) is 12.8. The highest BCUT2D eigenvalue weighted by atomic mass is 16.3. The molecule has 5 heteroatoms. The van der Waals surface area contributed by atoms with E-state index in [0.717, 1.165) is 18.4 Å². The van der Waals surface area contributed by atoms with Gasteiger partial charge >= 0.3 is 0 Å². The minimum Gasteiger partial charge on any atom is -0.382 e. The summed E-state index contributed by atoms with van der Waals surface area (Å²) in [7, 11) is 0. The largest absolute Gasteiger partial charge is 0.382 e. The fourth-order valence-electron chi connectivity index (χ4n) is 2.53. The van der Waals surface area contributed by atoms with Gasteiger partial charge in [0.25, 0.3) is 5.91 Å². The summed E-state index contributed by atoms with van der Waals surface area (Å²) in [4.78, 5) is 26.1. The molecule has 0 aromatic heterocycles. The van der Waals surface area contributed by atoms with Gasteiger partial charge in [-0.1, -0.05) is 23.8 Å². The smallest absolute Gasteiger partial charge is 0.254 e. The molecule has 1 aliphatic rings. The Kier molecular flexibility index (Phi) is 5.33. The fraction of sp³-hybridized carbons (Fsp3) is 0.412. The zero-order valence-electron chi connectivity index (χ0n) is 12.8. The highest BCUT2D eigenvalue weighted by Gasteiger charge is 2.33. The van der Waals surface area contributed by atoms with E-state index in [-0.39, 0.29) is 5.91 Å². The van der Waals surface area contributed by atoms with Crippen LogP contribution < -0.4 is 5.32 Å². The molecule has 0 bridgehead atoms. The predicted molar refractivity (Wildman–Crippen MR) is 85.3 cm³/mol. The molecule has 118 valence electrons. The molecule has 0 saturated carbocycles. The van der Waals surface area contributed by atoms with E-state index in [1.54, 1.807) is 17.0 Å². The number of likely N-dealkylation sites (tertiary alicyclic amines) is 1. The Morgan fingerprint density at radius 3 is 2.41 bits per heavy atom. The topological polar surface area (TPSA) is 69.6 Å². The fourth-order valence-corrected chi connectivity index (χ4v) is 2.53. The second-order valence-electron chi connectivity index (χ2n) is 5.59. The van der Waals surface area contributed by atoms with Gasteiger partial charge in [0.1, 0.15) is 6.10 Å². The van der Waals surface area contributed by atoms with Crippen molar-refractivity contribution >= 4 is 17.5 Å². The van der Waals surface area contributed by atoms with E-state index in [4.69, 9.17) is 0 Å². The molecule has 2 rings (SSSR count). The molecule has 22 heavy (non-hydrogen) atoms. The molecular weight excluding hydrogens is 280 g/mol. The minimum absolute atomic E-state index is 0.237. The van der Waals surface area contributed by atoms with Crippen LogP contribution in [0.1, 0.15) is 18.4 Å². The molecule has 5 nitrogen and oxygen atoms in total. The Hall–Kier alpha value is -2.14. The van der Waals surface area contributed by atoms with E-state index in [9.17, 15) is 14.7 Å². The van der Waals surface area contributed by atoms with Crippen molar-refractivity contribution in [1.82, 2.24) is 4.90 Å². The van der Waals surface area contributed by atoms with E-state index < -0.39 is 17.9 Å². The quantitative estimate of drug-likeness (QED) is 0.814. The first-order chi connectivity index (χ1) is 10.5. The maximum absolute atomic E-state index is 12.3. The molecule has 2 unspecified atom stereocenters. The van der Waals surface area contributed by atoms with Crippen LogP contribution in [-0.4, -0.2) is 41.0 Å². The van der Waals surface area contributed by atoms with Crippen LogP contribution in [0.5, 0.6) is 0 Å². The minimum atomic E-state index is -1.44. The molecule has 1 aromatic carbocycles. The Morgan fingerprint density at radius 2 is 1.86 bits per heavy atom. The van der Waals surface area contributed by atoms with Gasteiger partial charge in [-0.25, -0.2) is 0 Å². The number of aryl methyl sites for hydroxylation is 1. The first kappa shape index (κ1) is 16.2. The maximum atomic E-state index is 12.3. The number of carbonyl (C=O) groups is 2. The zero-order chi connectivity index (χ0) is 16.1. The molecular formula is C17H22N2O3. The second-order valence-corrected chi connectivity index (χ2v) is 5.59. The number of nitrogens with zero attached hydrogens (tertiary/aromatic N) is 1. The van der Waals surface area contributed by atoms with Crippen LogP contribution >= 0.6 is 0 Å². The third kappa shape index (κ3) is 3.74. The molecule has 1 saturated heterocycles. The zero-order valence-corrected chi connectivity index (χ0v) is 12.8. The monoisotopic (exact) mass is 302 g/mol. The summed E-state index contributed by atoms with van der Waals surface area (Å²) in [6.07, 6.45) is 1.83. The van der Waals surface area contributed by atoms with Crippen molar-refractivity contribution < 1.29 is 14.7 Å². The average molecular weight is 302 g/mol. The van der Waals surface area contributed by atoms with Gasteiger partial charge in [0.2, 0.25) is 5.91 Å².